The molecule has 4 aromatic heterocycles. The van der Waals surface area contributed by atoms with Crippen LogP contribution in [0.4, 0.5) is 0 Å². The highest BCUT2D eigenvalue weighted by Gasteiger charge is 2.21. The quantitative estimate of drug-likeness (QED) is 0.187. The van der Waals surface area contributed by atoms with Gasteiger partial charge in [-0.3, -0.25) is 4.98 Å². The Kier molecular flexibility index (Phi) is 6.42. The van der Waals surface area contributed by atoms with Crippen LogP contribution in [0.15, 0.2) is 173 Å². The third kappa shape index (κ3) is 4.60. The lowest BCUT2D eigenvalue weighted by Gasteiger charge is -2.13. The van der Waals surface area contributed by atoms with Gasteiger partial charge < -0.3 is 8.83 Å². The molecule has 0 amide bonds. The summed E-state index contributed by atoms with van der Waals surface area (Å²) in [6, 6.07) is 51.7. The first-order valence-corrected chi connectivity index (χ1v) is 16.6. The summed E-state index contributed by atoms with van der Waals surface area (Å²) in [5.41, 5.74) is 11.9. The van der Waals surface area contributed by atoms with Gasteiger partial charge in [-0.05, 0) is 59.2 Å². The minimum atomic E-state index is 0.589. The summed E-state index contributed by atoms with van der Waals surface area (Å²) in [5, 5.41) is 4.25. The zero-order valence-electron chi connectivity index (χ0n) is 26.7. The number of fused-ring (bicyclic) bond motifs is 6. The molecule has 0 radical (unpaired) electrons. The van der Waals surface area contributed by atoms with Crippen LogP contribution >= 0.6 is 0 Å². The van der Waals surface area contributed by atoms with Crippen molar-refractivity contribution < 1.29 is 8.83 Å². The predicted molar refractivity (Wildman–Crippen MR) is 202 cm³/mol. The third-order valence-corrected chi connectivity index (χ3v) is 9.43. The second-order valence-electron chi connectivity index (χ2n) is 12.4. The smallest absolute Gasteiger partial charge is 0.164 e. The van der Waals surface area contributed by atoms with Crippen molar-refractivity contribution >= 4 is 43.9 Å². The monoisotopic (exact) mass is 641 g/mol. The maximum atomic E-state index is 6.71. The van der Waals surface area contributed by atoms with Gasteiger partial charge in [0.25, 0.3) is 0 Å². The molecule has 10 rings (SSSR count). The van der Waals surface area contributed by atoms with E-state index in [0.717, 1.165) is 94.2 Å². The third-order valence-electron chi connectivity index (χ3n) is 9.43. The molecular formula is C45H27N3O2. The largest absolute Gasteiger partial charge is 0.456 e. The summed E-state index contributed by atoms with van der Waals surface area (Å²) < 4.78 is 13.0. The van der Waals surface area contributed by atoms with Gasteiger partial charge in [-0.1, -0.05) is 109 Å². The van der Waals surface area contributed by atoms with E-state index in [-0.39, 0.29) is 0 Å². The van der Waals surface area contributed by atoms with Crippen LogP contribution in [0.1, 0.15) is 0 Å². The molecule has 0 aliphatic carbocycles. The highest BCUT2D eigenvalue weighted by molar-refractivity contribution is 6.16. The molecule has 0 unspecified atom stereocenters. The fourth-order valence-corrected chi connectivity index (χ4v) is 7.08. The zero-order valence-corrected chi connectivity index (χ0v) is 26.7. The fourth-order valence-electron chi connectivity index (χ4n) is 7.08. The second kappa shape index (κ2) is 11.4. The lowest BCUT2D eigenvalue weighted by molar-refractivity contribution is 0.668. The van der Waals surface area contributed by atoms with Crippen LogP contribution in [-0.4, -0.2) is 15.0 Å². The van der Waals surface area contributed by atoms with Gasteiger partial charge in [-0.15, -0.1) is 0 Å². The summed E-state index contributed by atoms with van der Waals surface area (Å²) in [6.07, 6.45) is 3.68. The van der Waals surface area contributed by atoms with Crippen LogP contribution < -0.4 is 0 Å². The van der Waals surface area contributed by atoms with Gasteiger partial charge in [0.15, 0.2) is 5.82 Å². The minimum Gasteiger partial charge on any atom is -0.456 e. The van der Waals surface area contributed by atoms with Crippen molar-refractivity contribution in [1.82, 2.24) is 15.0 Å². The van der Waals surface area contributed by atoms with E-state index in [4.69, 9.17) is 18.8 Å². The number of rotatable bonds is 5. The van der Waals surface area contributed by atoms with Gasteiger partial charge in [0, 0.05) is 50.6 Å². The normalized spacial score (nSPS) is 11.6. The predicted octanol–water partition coefficient (Wildman–Crippen LogP) is 12.0. The van der Waals surface area contributed by atoms with Crippen LogP contribution in [0, 0.1) is 0 Å². The second-order valence-corrected chi connectivity index (χ2v) is 12.4. The van der Waals surface area contributed by atoms with E-state index < -0.39 is 0 Å². The molecule has 0 bridgehead atoms. The van der Waals surface area contributed by atoms with E-state index in [1.165, 1.54) is 0 Å². The maximum Gasteiger partial charge on any atom is 0.164 e. The number of aromatic nitrogens is 3. The Morgan fingerprint density at radius 2 is 1.08 bits per heavy atom. The molecule has 5 heteroatoms. The summed E-state index contributed by atoms with van der Waals surface area (Å²) in [5.74, 6) is 0.589. The highest BCUT2D eigenvalue weighted by Crippen LogP contribution is 2.43. The van der Waals surface area contributed by atoms with Gasteiger partial charge in [0.05, 0.1) is 17.0 Å². The Bertz CT molecular complexity index is 2870. The summed E-state index contributed by atoms with van der Waals surface area (Å²) >= 11 is 0. The Hall–Kier alpha value is -6.85. The van der Waals surface area contributed by atoms with Crippen molar-refractivity contribution in [2.24, 2.45) is 0 Å². The van der Waals surface area contributed by atoms with Crippen molar-refractivity contribution in [3.63, 3.8) is 0 Å². The number of para-hydroxylation sites is 2. The molecule has 0 saturated carbocycles. The molecule has 0 spiro atoms. The van der Waals surface area contributed by atoms with E-state index in [0.29, 0.717) is 5.82 Å². The van der Waals surface area contributed by atoms with Crippen LogP contribution in [0.25, 0.3) is 100 Å². The summed E-state index contributed by atoms with van der Waals surface area (Å²) in [7, 11) is 0. The first kappa shape index (κ1) is 28.2. The number of benzene rings is 6. The maximum absolute atomic E-state index is 6.71. The summed E-state index contributed by atoms with van der Waals surface area (Å²) in [4.78, 5) is 14.8. The van der Waals surface area contributed by atoms with Crippen LogP contribution in [-0.2, 0) is 0 Å². The summed E-state index contributed by atoms with van der Waals surface area (Å²) in [6.45, 7) is 0. The molecule has 4 heterocycles. The van der Waals surface area contributed by atoms with Crippen molar-refractivity contribution in [2.45, 2.75) is 0 Å². The molecular weight excluding hydrogens is 615 g/mol. The lowest BCUT2D eigenvalue weighted by atomic mass is 9.95. The van der Waals surface area contributed by atoms with Crippen molar-refractivity contribution in [1.29, 1.82) is 0 Å². The molecule has 5 nitrogen and oxygen atoms in total. The average molecular weight is 642 g/mol. The Labute approximate surface area is 287 Å². The van der Waals surface area contributed by atoms with Crippen LogP contribution in [0.5, 0.6) is 0 Å². The van der Waals surface area contributed by atoms with E-state index in [1.54, 1.807) is 6.20 Å². The molecule has 234 valence electrons. The molecule has 50 heavy (non-hydrogen) atoms. The zero-order chi connectivity index (χ0) is 33.0. The highest BCUT2D eigenvalue weighted by atomic mass is 16.3. The minimum absolute atomic E-state index is 0.589. The van der Waals surface area contributed by atoms with Crippen molar-refractivity contribution in [3.05, 3.63) is 164 Å². The lowest BCUT2D eigenvalue weighted by Crippen LogP contribution is -1.97. The number of hydrogen-bond donors (Lipinski definition) is 0. The van der Waals surface area contributed by atoms with Gasteiger partial charge in [0.1, 0.15) is 22.3 Å². The molecule has 0 atom stereocenters. The molecule has 0 aliphatic heterocycles. The number of hydrogen-bond acceptors (Lipinski definition) is 5. The van der Waals surface area contributed by atoms with Gasteiger partial charge in [0.2, 0.25) is 0 Å². The Balaban J connectivity index is 1.22. The van der Waals surface area contributed by atoms with Gasteiger partial charge in [-0.2, -0.15) is 0 Å². The van der Waals surface area contributed by atoms with Crippen molar-refractivity contribution in [2.75, 3.05) is 0 Å². The average Bonchev–Trinajstić information content (AvgIpc) is 3.77. The Morgan fingerprint density at radius 1 is 0.400 bits per heavy atom. The van der Waals surface area contributed by atoms with Crippen LogP contribution in [0.3, 0.4) is 0 Å². The number of furan rings is 2. The standard InChI is InChI=1S/C45H27N3O2/c1-2-11-28(12-3-1)38-26-39(33-15-5-4-14-31(33)30-13-10-24-46-27-30)48-45(47-38)37-23-22-32(43-36-17-7-9-19-41(36)50-44(37)43)29-20-21-35-34-16-6-8-18-40(34)49-42(35)25-29/h1-27H. The van der Waals surface area contributed by atoms with Gasteiger partial charge >= 0.3 is 0 Å². The van der Waals surface area contributed by atoms with E-state index >= 15 is 0 Å². The van der Waals surface area contributed by atoms with Crippen LogP contribution in [0.2, 0.25) is 0 Å². The topological polar surface area (TPSA) is 65.0 Å². The SMILES string of the molecule is c1ccc(-c2cc(-c3ccccc3-c3cccnc3)nc(-c3ccc(-c4ccc5c(c4)oc4ccccc45)c4c3oc3ccccc34)n2)cc1. The Morgan fingerprint density at radius 3 is 1.92 bits per heavy atom. The molecule has 10 aromatic rings. The van der Waals surface area contributed by atoms with Gasteiger partial charge in [-0.25, -0.2) is 9.97 Å². The first-order valence-electron chi connectivity index (χ1n) is 16.6. The molecule has 0 aliphatic rings. The van der Waals surface area contributed by atoms with E-state index in [9.17, 15) is 0 Å². The number of pyridine rings is 1. The molecule has 6 aromatic carbocycles. The number of nitrogens with zero attached hydrogens (tertiary/aromatic N) is 3. The van der Waals surface area contributed by atoms with E-state index in [1.807, 2.05) is 72.9 Å². The first-order chi connectivity index (χ1) is 24.8. The molecule has 0 saturated heterocycles. The van der Waals surface area contributed by atoms with Crippen molar-refractivity contribution in [3.8, 4) is 56.2 Å². The fraction of sp³-hybridized carbons (Fsp3) is 0. The van der Waals surface area contributed by atoms with E-state index in [2.05, 4.69) is 89.9 Å². The molecule has 0 N–H and O–H groups in total. The molecule has 0 fully saturated rings.